The maximum absolute atomic E-state index is 5.94. The van der Waals surface area contributed by atoms with Crippen molar-refractivity contribution in [2.45, 2.75) is 13.8 Å². The van der Waals surface area contributed by atoms with E-state index in [-0.39, 0.29) is 0 Å². The molecule has 120 valence electrons. The highest BCUT2D eigenvalue weighted by Gasteiger charge is 2.16. The maximum Gasteiger partial charge on any atom is 0.0646 e. The highest BCUT2D eigenvalue weighted by atomic mass is 35.5. The highest BCUT2D eigenvalue weighted by molar-refractivity contribution is 6.30. The molecule has 0 N–H and O–H groups in total. The van der Waals surface area contributed by atoms with Gasteiger partial charge in [-0.1, -0.05) is 41.4 Å². The molecular weight excluding hydrogens is 306 g/mol. The largest absolute Gasteiger partial charge is 0.368 e. The van der Waals surface area contributed by atoms with Crippen LogP contribution in [0.1, 0.15) is 18.1 Å². The van der Waals surface area contributed by atoms with Crippen LogP contribution in [0.2, 0.25) is 5.02 Å². The number of piperazine rings is 1. The minimum Gasteiger partial charge on any atom is -0.368 e. The summed E-state index contributed by atoms with van der Waals surface area (Å²) in [6.45, 7) is 8.06. The van der Waals surface area contributed by atoms with Crippen molar-refractivity contribution in [3.8, 4) is 0 Å². The molecule has 3 rings (SSSR count). The molecule has 0 aromatic heterocycles. The molecule has 4 heteroatoms. The molecule has 0 aliphatic carbocycles. The van der Waals surface area contributed by atoms with Crippen LogP contribution < -0.4 is 4.90 Å². The van der Waals surface area contributed by atoms with Gasteiger partial charge in [0.25, 0.3) is 0 Å². The molecule has 0 unspecified atom stereocenters. The third kappa shape index (κ3) is 4.05. The summed E-state index contributed by atoms with van der Waals surface area (Å²) in [6, 6.07) is 16.6. The molecule has 1 heterocycles. The first kappa shape index (κ1) is 15.9. The minimum absolute atomic E-state index is 0.758. The fourth-order valence-electron chi connectivity index (χ4n) is 2.77. The Kier molecular flexibility index (Phi) is 4.87. The van der Waals surface area contributed by atoms with Crippen LogP contribution in [0.5, 0.6) is 0 Å². The van der Waals surface area contributed by atoms with Gasteiger partial charge in [-0.3, -0.25) is 5.01 Å². The molecule has 1 aliphatic rings. The molecule has 3 nitrogen and oxygen atoms in total. The summed E-state index contributed by atoms with van der Waals surface area (Å²) in [6.07, 6.45) is 0. The summed E-state index contributed by atoms with van der Waals surface area (Å²) >= 11 is 5.94. The van der Waals surface area contributed by atoms with E-state index in [2.05, 4.69) is 48.0 Å². The van der Waals surface area contributed by atoms with Gasteiger partial charge in [0, 0.05) is 23.8 Å². The monoisotopic (exact) mass is 327 g/mol. The second-order valence-electron chi connectivity index (χ2n) is 5.97. The molecule has 0 atom stereocenters. The van der Waals surface area contributed by atoms with Crippen molar-refractivity contribution in [3.63, 3.8) is 0 Å². The van der Waals surface area contributed by atoms with Crippen LogP contribution in [0, 0.1) is 6.92 Å². The standard InChI is InChI=1S/C19H22ClN3/c1-15-3-9-19(10-4-15)22-11-13-23(14-12-22)21-16(2)17-5-7-18(20)8-6-17/h3-10H,11-14H2,1-2H3. The van der Waals surface area contributed by atoms with Gasteiger partial charge in [-0.25, -0.2) is 0 Å². The Morgan fingerprint density at radius 1 is 0.913 bits per heavy atom. The highest BCUT2D eigenvalue weighted by Crippen LogP contribution is 2.17. The van der Waals surface area contributed by atoms with Gasteiger partial charge in [0.2, 0.25) is 0 Å². The number of hydrazone groups is 1. The number of hydrogen-bond acceptors (Lipinski definition) is 3. The lowest BCUT2D eigenvalue weighted by molar-refractivity contribution is 0.270. The quantitative estimate of drug-likeness (QED) is 0.787. The third-order valence-electron chi connectivity index (χ3n) is 4.21. The lowest BCUT2D eigenvalue weighted by Crippen LogP contribution is -2.44. The average molecular weight is 328 g/mol. The topological polar surface area (TPSA) is 18.8 Å². The Bertz CT molecular complexity index is 669. The summed E-state index contributed by atoms with van der Waals surface area (Å²) in [7, 11) is 0. The molecule has 2 aromatic carbocycles. The van der Waals surface area contributed by atoms with Crippen molar-refractivity contribution in [2.75, 3.05) is 31.1 Å². The first-order valence-corrected chi connectivity index (χ1v) is 8.37. The van der Waals surface area contributed by atoms with Crippen LogP contribution >= 0.6 is 11.6 Å². The molecule has 1 fully saturated rings. The molecule has 0 radical (unpaired) electrons. The van der Waals surface area contributed by atoms with E-state index < -0.39 is 0 Å². The summed E-state index contributed by atoms with van der Waals surface area (Å²) in [4.78, 5) is 2.42. The zero-order valence-corrected chi connectivity index (χ0v) is 14.4. The van der Waals surface area contributed by atoms with Gasteiger partial charge in [-0.15, -0.1) is 0 Å². The number of aryl methyl sites for hydroxylation is 1. The second-order valence-corrected chi connectivity index (χ2v) is 6.40. The van der Waals surface area contributed by atoms with E-state index in [0.717, 1.165) is 42.5 Å². The van der Waals surface area contributed by atoms with Gasteiger partial charge >= 0.3 is 0 Å². The molecule has 0 bridgehead atoms. The van der Waals surface area contributed by atoms with Crippen molar-refractivity contribution in [3.05, 3.63) is 64.7 Å². The number of rotatable bonds is 3. The zero-order chi connectivity index (χ0) is 16.2. The van der Waals surface area contributed by atoms with Crippen LogP contribution in [-0.2, 0) is 0 Å². The van der Waals surface area contributed by atoms with E-state index in [1.165, 1.54) is 11.3 Å². The second kappa shape index (κ2) is 7.05. The summed E-state index contributed by atoms with van der Waals surface area (Å²) in [5, 5.41) is 7.68. The Morgan fingerprint density at radius 3 is 2.13 bits per heavy atom. The summed E-state index contributed by atoms with van der Waals surface area (Å²) < 4.78 is 0. The lowest BCUT2D eigenvalue weighted by atomic mass is 10.1. The van der Waals surface area contributed by atoms with E-state index >= 15 is 0 Å². The van der Waals surface area contributed by atoms with Gasteiger partial charge < -0.3 is 4.90 Å². The predicted octanol–water partition coefficient (Wildman–Crippen LogP) is 4.19. The maximum atomic E-state index is 5.94. The SMILES string of the molecule is CC(=NN1CCN(c2ccc(C)cc2)CC1)c1ccc(Cl)cc1. The third-order valence-corrected chi connectivity index (χ3v) is 4.46. The van der Waals surface area contributed by atoms with Crippen molar-refractivity contribution < 1.29 is 0 Å². The fraction of sp³-hybridized carbons (Fsp3) is 0.316. The molecular formula is C19H22ClN3. The molecule has 0 spiro atoms. The van der Waals surface area contributed by atoms with Crippen molar-refractivity contribution in [2.24, 2.45) is 5.10 Å². The average Bonchev–Trinajstić information content (AvgIpc) is 2.57. The van der Waals surface area contributed by atoms with Gasteiger partial charge in [0.1, 0.15) is 0 Å². The van der Waals surface area contributed by atoms with E-state index in [1.807, 2.05) is 24.3 Å². The number of anilines is 1. The molecule has 0 saturated carbocycles. The Hall–Kier alpha value is -2.00. The smallest absolute Gasteiger partial charge is 0.0646 e. The van der Waals surface area contributed by atoms with Gasteiger partial charge in [0.05, 0.1) is 18.8 Å². The van der Waals surface area contributed by atoms with Crippen molar-refractivity contribution in [1.82, 2.24) is 5.01 Å². The number of benzene rings is 2. The van der Waals surface area contributed by atoms with Gasteiger partial charge in [-0.2, -0.15) is 5.10 Å². The van der Waals surface area contributed by atoms with Crippen molar-refractivity contribution >= 4 is 23.0 Å². The predicted molar refractivity (Wildman–Crippen MR) is 98.6 cm³/mol. The van der Waals surface area contributed by atoms with E-state index in [0.29, 0.717) is 0 Å². The van der Waals surface area contributed by atoms with Gasteiger partial charge in [0.15, 0.2) is 0 Å². The number of nitrogens with zero attached hydrogens (tertiary/aromatic N) is 3. The first-order valence-electron chi connectivity index (χ1n) is 7.99. The zero-order valence-electron chi connectivity index (χ0n) is 13.7. The molecule has 2 aromatic rings. The molecule has 1 aliphatic heterocycles. The minimum atomic E-state index is 0.758. The van der Waals surface area contributed by atoms with Crippen LogP contribution in [0.15, 0.2) is 53.6 Å². The Labute approximate surface area is 143 Å². The Morgan fingerprint density at radius 2 is 1.52 bits per heavy atom. The van der Waals surface area contributed by atoms with E-state index in [1.54, 1.807) is 0 Å². The molecule has 1 saturated heterocycles. The summed E-state index contributed by atoms with van der Waals surface area (Å²) in [5.74, 6) is 0. The van der Waals surface area contributed by atoms with E-state index in [4.69, 9.17) is 16.7 Å². The summed E-state index contributed by atoms with van der Waals surface area (Å²) in [5.41, 5.74) is 4.75. The number of hydrogen-bond donors (Lipinski definition) is 0. The van der Waals surface area contributed by atoms with Crippen LogP contribution in [0.25, 0.3) is 0 Å². The van der Waals surface area contributed by atoms with Crippen LogP contribution in [0.4, 0.5) is 5.69 Å². The fourth-order valence-corrected chi connectivity index (χ4v) is 2.90. The van der Waals surface area contributed by atoms with E-state index in [9.17, 15) is 0 Å². The molecule has 23 heavy (non-hydrogen) atoms. The first-order chi connectivity index (χ1) is 11.1. The Balaban J connectivity index is 1.61. The van der Waals surface area contributed by atoms with Crippen molar-refractivity contribution in [1.29, 1.82) is 0 Å². The lowest BCUT2D eigenvalue weighted by Gasteiger charge is -2.35. The normalized spacial score (nSPS) is 15.9. The van der Waals surface area contributed by atoms with Crippen LogP contribution in [0.3, 0.4) is 0 Å². The number of halogens is 1. The van der Waals surface area contributed by atoms with Crippen LogP contribution in [-0.4, -0.2) is 36.9 Å². The molecule has 0 amide bonds. The van der Waals surface area contributed by atoms with Gasteiger partial charge in [-0.05, 0) is 43.7 Å².